The van der Waals surface area contributed by atoms with Crippen molar-refractivity contribution in [3.05, 3.63) is 35.9 Å². The number of likely N-dealkylation sites (tertiary alicyclic amines) is 1. The molecule has 1 saturated carbocycles. The van der Waals surface area contributed by atoms with Crippen molar-refractivity contribution in [3.63, 3.8) is 0 Å². The van der Waals surface area contributed by atoms with Crippen LogP contribution in [0.5, 0.6) is 0 Å². The Balaban J connectivity index is 1.53. The average Bonchev–Trinajstić information content (AvgIpc) is 3.08. The topological polar surface area (TPSA) is 62.6 Å². The van der Waals surface area contributed by atoms with Crippen molar-refractivity contribution in [2.75, 3.05) is 19.8 Å². The second kappa shape index (κ2) is 6.19. The number of carbonyl (C=O) groups excluding carboxylic acids is 1. The predicted octanol–water partition coefficient (Wildman–Crippen LogP) is 2.58. The van der Waals surface area contributed by atoms with Gasteiger partial charge in [0, 0.05) is 24.9 Å². The van der Waals surface area contributed by atoms with E-state index in [0.717, 1.165) is 25.7 Å². The molecule has 0 radical (unpaired) electrons. The summed E-state index contributed by atoms with van der Waals surface area (Å²) in [5, 5.41) is 9.75. The monoisotopic (exact) mass is 326 g/mol. The average molecular weight is 326 g/mol. The number of piperidine rings is 1. The largest absolute Gasteiger partial charge is 0.348 e. The van der Waals surface area contributed by atoms with Crippen molar-refractivity contribution < 1.29 is 14.3 Å². The summed E-state index contributed by atoms with van der Waals surface area (Å²) in [6, 6.07) is 11.3. The first-order chi connectivity index (χ1) is 11.7. The van der Waals surface area contributed by atoms with Crippen LogP contribution >= 0.6 is 0 Å². The molecular formula is C19H22N2O3. The Morgan fingerprint density at radius 3 is 2.67 bits per heavy atom. The molecule has 3 atom stereocenters. The molecule has 0 unspecified atom stereocenters. The lowest BCUT2D eigenvalue weighted by molar-refractivity contribution is -0.201. The molecule has 3 fully saturated rings. The summed E-state index contributed by atoms with van der Waals surface area (Å²) >= 11 is 0. The number of nitriles is 1. The minimum atomic E-state index is -0.424. The third-order valence-electron chi connectivity index (χ3n) is 5.75. The van der Waals surface area contributed by atoms with Crippen molar-refractivity contribution in [1.82, 2.24) is 4.90 Å². The van der Waals surface area contributed by atoms with Crippen LogP contribution < -0.4 is 0 Å². The number of ether oxygens (including phenoxy) is 2. The van der Waals surface area contributed by atoms with Gasteiger partial charge in [0.1, 0.15) is 6.04 Å². The number of fused-ring (bicyclic) bond motifs is 1. The molecule has 1 aromatic carbocycles. The molecule has 1 aromatic rings. The number of benzene rings is 1. The van der Waals surface area contributed by atoms with Gasteiger partial charge in [0.25, 0.3) is 5.91 Å². The molecule has 1 amide bonds. The van der Waals surface area contributed by atoms with E-state index in [0.29, 0.717) is 31.2 Å². The molecule has 2 saturated heterocycles. The molecule has 5 heteroatoms. The highest BCUT2D eigenvalue weighted by Crippen LogP contribution is 2.47. The van der Waals surface area contributed by atoms with Gasteiger partial charge in [0.2, 0.25) is 0 Å². The first-order valence-electron chi connectivity index (χ1n) is 8.76. The first kappa shape index (κ1) is 15.6. The lowest BCUT2D eigenvalue weighted by atomic mass is 9.69. The van der Waals surface area contributed by atoms with Crippen LogP contribution in [0.25, 0.3) is 0 Å². The van der Waals surface area contributed by atoms with Gasteiger partial charge < -0.3 is 14.4 Å². The second-order valence-corrected chi connectivity index (χ2v) is 7.00. The van der Waals surface area contributed by atoms with Crippen molar-refractivity contribution in [2.24, 2.45) is 11.8 Å². The number of rotatable bonds is 1. The minimum absolute atomic E-state index is 0.0331. The van der Waals surface area contributed by atoms with E-state index in [9.17, 15) is 10.1 Å². The van der Waals surface area contributed by atoms with Crippen molar-refractivity contribution in [3.8, 4) is 6.07 Å². The molecule has 4 rings (SSSR count). The fraction of sp³-hybridized carbons (Fsp3) is 0.579. The van der Waals surface area contributed by atoms with E-state index in [2.05, 4.69) is 6.07 Å². The number of amides is 1. The summed E-state index contributed by atoms with van der Waals surface area (Å²) in [7, 11) is 0. The normalized spacial score (nSPS) is 31.5. The van der Waals surface area contributed by atoms with Crippen molar-refractivity contribution in [1.29, 1.82) is 5.26 Å². The summed E-state index contributed by atoms with van der Waals surface area (Å²) in [5.41, 5.74) is 0.658. The van der Waals surface area contributed by atoms with Gasteiger partial charge in [-0.15, -0.1) is 0 Å². The van der Waals surface area contributed by atoms with Crippen molar-refractivity contribution in [2.45, 2.75) is 37.5 Å². The third-order valence-corrected chi connectivity index (χ3v) is 5.75. The molecule has 3 aliphatic rings. The smallest absolute Gasteiger partial charge is 0.254 e. The zero-order valence-corrected chi connectivity index (χ0v) is 13.7. The van der Waals surface area contributed by atoms with Crippen LogP contribution in [0.15, 0.2) is 30.3 Å². The first-order valence-corrected chi connectivity index (χ1v) is 8.76. The van der Waals surface area contributed by atoms with Gasteiger partial charge >= 0.3 is 0 Å². The van der Waals surface area contributed by atoms with Gasteiger partial charge in [-0.05, 0) is 36.8 Å². The van der Waals surface area contributed by atoms with E-state index in [4.69, 9.17) is 9.47 Å². The van der Waals surface area contributed by atoms with Crippen LogP contribution in [0.4, 0.5) is 0 Å². The molecule has 1 aliphatic carbocycles. The Hall–Kier alpha value is -1.90. The van der Waals surface area contributed by atoms with Crippen LogP contribution in [0.3, 0.4) is 0 Å². The third kappa shape index (κ3) is 2.60. The van der Waals surface area contributed by atoms with Crippen LogP contribution in [-0.4, -0.2) is 42.4 Å². The molecule has 0 N–H and O–H groups in total. The molecule has 24 heavy (non-hydrogen) atoms. The summed E-state index contributed by atoms with van der Waals surface area (Å²) < 4.78 is 11.7. The number of hydrogen-bond acceptors (Lipinski definition) is 4. The lowest BCUT2D eigenvalue weighted by Gasteiger charge is -2.48. The second-order valence-electron chi connectivity index (χ2n) is 7.00. The Morgan fingerprint density at radius 1 is 1.21 bits per heavy atom. The lowest BCUT2D eigenvalue weighted by Crippen LogP contribution is -2.55. The molecule has 0 bridgehead atoms. The predicted molar refractivity (Wildman–Crippen MR) is 87.0 cm³/mol. The van der Waals surface area contributed by atoms with Gasteiger partial charge in [-0.2, -0.15) is 5.26 Å². The number of nitrogens with zero attached hydrogens (tertiary/aromatic N) is 2. The van der Waals surface area contributed by atoms with Gasteiger partial charge in [0.05, 0.1) is 19.3 Å². The molecular weight excluding hydrogens is 304 g/mol. The molecule has 126 valence electrons. The molecule has 5 nitrogen and oxygen atoms in total. The highest BCUT2D eigenvalue weighted by atomic mass is 16.7. The van der Waals surface area contributed by atoms with Gasteiger partial charge in [-0.3, -0.25) is 4.79 Å². The van der Waals surface area contributed by atoms with E-state index < -0.39 is 5.79 Å². The maximum atomic E-state index is 12.8. The number of hydrogen-bond donors (Lipinski definition) is 0. The Bertz CT molecular complexity index is 648. The Labute approximate surface area is 142 Å². The maximum Gasteiger partial charge on any atom is 0.254 e. The quantitative estimate of drug-likeness (QED) is 0.796. The van der Waals surface area contributed by atoms with Gasteiger partial charge in [0.15, 0.2) is 5.79 Å². The standard InChI is InChI=1S/C19H22N2O3/c20-13-17-16-6-8-19(23-10-11-24-19)12-15(16)7-9-21(17)18(22)14-4-2-1-3-5-14/h1-5,15-17H,6-12H2/t15-,16+,17+/m1/s1. The number of carbonyl (C=O) groups is 1. The maximum absolute atomic E-state index is 12.8. The van der Waals surface area contributed by atoms with Gasteiger partial charge in [-0.25, -0.2) is 0 Å². The molecule has 2 aliphatic heterocycles. The van der Waals surface area contributed by atoms with Crippen LogP contribution in [0, 0.1) is 23.2 Å². The summed E-state index contributed by atoms with van der Waals surface area (Å²) in [4.78, 5) is 14.6. The fourth-order valence-electron chi connectivity index (χ4n) is 4.58. The summed E-state index contributed by atoms with van der Waals surface area (Å²) in [6.07, 6.45) is 3.46. The molecule has 0 aromatic heterocycles. The van der Waals surface area contributed by atoms with E-state index in [1.165, 1.54) is 0 Å². The Kier molecular flexibility index (Phi) is 4.03. The van der Waals surface area contributed by atoms with Gasteiger partial charge in [-0.1, -0.05) is 18.2 Å². The molecule has 1 spiro atoms. The van der Waals surface area contributed by atoms with E-state index in [-0.39, 0.29) is 17.9 Å². The van der Waals surface area contributed by atoms with E-state index in [1.54, 1.807) is 4.90 Å². The zero-order chi connectivity index (χ0) is 16.6. The highest BCUT2D eigenvalue weighted by molar-refractivity contribution is 5.94. The van der Waals surface area contributed by atoms with Crippen LogP contribution in [0.2, 0.25) is 0 Å². The molecule has 2 heterocycles. The minimum Gasteiger partial charge on any atom is -0.348 e. The van der Waals surface area contributed by atoms with Crippen LogP contribution in [0.1, 0.15) is 36.0 Å². The van der Waals surface area contributed by atoms with E-state index in [1.807, 2.05) is 30.3 Å². The zero-order valence-electron chi connectivity index (χ0n) is 13.7. The highest BCUT2D eigenvalue weighted by Gasteiger charge is 2.50. The fourth-order valence-corrected chi connectivity index (χ4v) is 4.58. The van der Waals surface area contributed by atoms with E-state index >= 15 is 0 Å². The summed E-state index contributed by atoms with van der Waals surface area (Å²) in [6.45, 7) is 1.96. The SMILES string of the molecule is N#C[C@H]1[C@H]2CCC3(C[C@H]2CCN1C(=O)c1ccccc1)OCCO3. The summed E-state index contributed by atoms with van der Waals surface area (Å²) in [5.74, 6) is 0.151. The van der Waals surface area contributed by atoms with Crippen LogP contribution in [-0.2, 0) is 9.47 Å². The Morgan fingerprint density at radius 2 is 1.96 bits per heavy atom. The van der Waals surface area contributed by atoms with Crippen molar-refractivity contribution >= 4 is 5.91 Å².